The third-order valence-corrected chi connectivity index (χ3v) is 14.9. The summed E-state index contributed by atoms with van der Waals surface area (Å²) >= 11 is 0. The van der Waals surface area contributed by atoms with Gasteiger partial charge in [0.25, 0.3) is 0 Å². The predicted octanol–water partition coefficient (Wildman–Crippen LogP) is 17.8. The molecule has 0 rings (SSSR count). The Morgan fingerprint density at radius 3 is 0.877 bits per heavy atom. The normalized spacial score (nSPS) is 12.6. The van der Waals surface area contributed by atoms with Crippen LogP contribution in [0, 0.1) is 0 Å². The summed E-state index contributed by atoms with van der Waals surface area (Å²) < 4.78 is 22.8. The lowest BCUT2D eigenvalue weighted by Crippen LogP contribution is -2.44. The number of rotatable bonds is 61. The maximum atomic E-state index is 12.9. The number of hydrogen-bond acceptors (Lipinski definition) is 8. The molecule has 2 unspecified atom stereocenters. The van der Waals surface area contributed by atoms with Crippen LogP contribution in [0.3, 0.4) is 0 Å². The average Bonchev–Trinajstić information content (AvgIpc) is 3.36. The van der Waals surface area contributed by atoms with Crippen LogP contribution in [0.15, 0.2) is 0 Å². The van der Waals surface area contributed by atoms with Gasteiger partial charge in [-0.1, -0.05) is 309 Å². The van der Waals surface area contributed by atoms with Gasteiger partial charge in [-0.2, -0.15) is 0 Å². The lowest BCUT2D eigenvalue weighted by atomic mass is 10.0. The molecule has 0 fully saturated rings. The molecule has 9 heteroatoms. The van der Waals surface area contributed by atoms with E-state index in [2.05, 4.69) is 13.8 Å². The number of aliphatic carboxylic acids is 1. The van der Waals surface area contributed by atoms with E-state index in [1.165, 1.54) is 270 Å². The zero-order chi connectivity index (χ0) is 53.4. The number of hydrogen-bond donors (Lipinski definition) is 0. The molecule has 0 saturated carbocycles. The van der Waals surface area contributed by atoms with E-state index in [1.54, 1.807) is 0 Å². The highest BCUT2D eigenvalue weighted by atomic mass is 16.7. The first-order chi connectivity index (χ1) is 35.6. The molecule has 0 saturated heterocycles. The fourth-order valence-electron chi connectivity index (χ4n) is 9.89. The van der Waals surface area contributed by atoms with E-state index < -0.39 is 24.3 Å². The van der Waals surface area contributed by atoms with Gasteiger partial charge in [-0.05, 0) is 12.8 Å². The van der Waals surface area contributed by atoms with Gasteiger partial charge in [0.1, 0.15) is 13.2 Å². The zero-order valence-electron chi connectivity index (χ0n) is 49.6. The summed E-state index contributed by atoms with van der Waals surface area (Å²) in [6, 6.07) is 0. The van der Waals surface area contributed by atoms with Crippen molar-refractivity contribution in [2.24, 2.45) is 0 Å². The van der Waals surface area contributed by atoms with Gasteiger partial charge >= 0.3 is 11.9 Å². The van der Waals surface area contributed by atoms with Crippen molar-refractivity contribution in [1.82, 2.24) is 0 Å². The van der Waals surface area contributed by atoms with Crippen molar-refractivity contribution in [2.75, 3.05) is 47.5 Å². The van der Waals surface area contributed by atoms with Gasteiger partial charge in [0, 0.05) is 12.8 Å². The van der Waals surface area contributed by atoms with Crippen LogP contribution >= 0.6 is 0 Å². The fourth-order valence-corrected chi connectivity index (χ4v) is 9.89. The van der Waals surface area contributed by atoms with E-state index in [0.717, 1.165) is 38.5 Å². The molecule has 0 radical (unpaired) electrons. The molecule has 9 nitrogen and oxygen atoms in total. The van der Waals surface area contributed by atoms with Crippen molar-refractivity contribution in [2.45, 2.75) is 347 Å². The van der Waals surface area contributed by atoms with Gasteiger partial charge < -0.3 is 33.3 Å². The van der Waals surface area contributed by atoms with Crippen LogP contribution in [-0.2, 0) is 33.3 Å². The molecule has 0 N–H and O–H groups in total. The molecule has 0 aliphatic heterocycles. The number of carbonyl (C=O) groups is 3. The molecule has 0 aromatic carbocycles. The van der Waals surface area contributed by atoms with E-state index >= 15 is 0 Å². The summed E-state index contributed by atoms with van der Waals surface area (Å²) in [6.07, 6.45) is 61.7. The van der Waals surface area contributed by atoms with Crippen LogP contribution in [0.4, 0.5) is 0 Å². The smallest absolute Gasteiger partial charge is 0.306 e. The topological polar surface area (TPSA) is 111 Å². The number of carbonyl (C=O) groups excluding carboxylic acids is 3. The second-order valence-corrected chi connectivity index (χ2v) is 23.4. The largest absolute Gasteiger partial charge is 0.545 e. The van der Waals surface area contributed by atoms with Crippen molar-refractivity contribution in [1.29, 1.82) is 0 Å². The molecule has 73 heavy (non-hydrogen) atoms. The van der Waals surface area contributed by atoms with Crippen molar-refractivity contribution in [3.63, 3.8) is 0 Å². The highest BCUT2D eigenvalue weighted by molar-refractivity contribution is 5.70. The van der Waals surface area contributed by atoms with E-state index in [4.69, 9.17) is 18.9 Å². The van der Waals surface area contributed by atoms with Crippen LogP contribution in [0.1, 0.15) is 335 Å². The molecule has 434 valence electrons. The van der Waals surface area contributed by atoms with Crippen molar-refractivity contribution < 1.29 is 42.9 Å². The minimum absolute atomic E-state index is 0.153. The number of likely N-dealkylation sites (N-methyl/N-ethyl adjacent to an activating group) is 1. The maximum absolute atomic E-state index is 12.9. The van der Waals surface area contributed by atoms with E-state index in [0.29, 0.717) is 17.4 Å². The number of carboxylic acid groups (broad SMARTS) is 1. The van der Waals surface area contributed by atoms with Crippen LogP contribution < -0.4 is 5.11 Å². The molecule has 0 aromatic rings. The summed E-state index contributed by atoms with van der Waals surface area (Å²) in [5.41, 5.74) is 0. The second kappa shape index (κ2) is 56.5. The summed E-state index contributed by atoms with van der Waals surface area (Å²) in [6.45, 7) is 4.83. The van der Waals surface area contributed by atoms with Crippen LogP contribution in [0.25, 0.3) is 0 Å². The molecular weight excluding hydrogens is 911 g/mol. The van der Waals surface area contributed by atoms with Crippen LogP contribution in [0.5, 0.6) is 0 Å². The van der Waals surface area contributed by atoms with Gasteiger partial charge in [-0.3, -0.25) is 9.59 Å². The fraction of sp³-hybridized carbons (Fsp3) is 0.953. The molecule has 0 amide bonds. The Labute approximate surface area is 453 Å². The Balaban J connectivity index is 4.09. The molecule has 0 aliphatic rings. The van der Waals surface area contributed by atoms with Crippen molar-refractivity contribution in [3.8, 4) is 0 Å². The van der Waals surface area contributed by atoms with Crippen molar-refractivity contribution in [3.05, 3.63) is 0 Å². The number of quaternary nitrogens is 1. The predicted molar refractivity (Wildman–Crippen MR) is 307 cm³/mol. The highest BCUT2D eigenvalue weighted by Gasteiger charge is 2.22. The summed E-state index contributed by atoms with van der Waals surface area (Å²) in [5.74, 6) is -2.25. The number of unbranched alkanes of at least 4 members (excludes halogenated alkanes) is 46. The molecule has 2 atom stereocenters. The minimum Gasteiger partial charge on any atom is -0.545 e. The first kappa shape index (κ1) is 71.3. The Morgan fingerprint density at radius 1 is 0.356 bits per heavy atom. The van der Waals surface area contributed by atoms with Crippen molar-refractivity contribution >= 4 is 17.9 Å². The zero-order valence-corrected chi connectivity index (χ0v) is 49.6. The lowest BCUT2D eigenvalue weighted by molar-refractivity contribution is -0.870. The molecule has 0 spiro atoms. The van der Waals surface area contributed by atoms with Crippen LogP contribution in [-0.4, -0.2) is 82.3 Å². The van der Waals surface area contributed by atoms with E-state index in [-0.39, 0.29) is 32.2 Å². The lowest BCUT2D eigenvalue weighted by Gasteiger charge is -2.26. The summed E-state index contributed by atoms with van der Waals surface area (Å²) in [5, 5.41) is 11.8. The molecule has 0 aliphatic carbocycles. The first-order valence-electron chi connectivity index (χ1n) is 32.2. The average molecular weight is 1040 g/mol. The molecular formula is C64H125NO8. The van der Waals surface area contributed by atoms with Gasteiger partial charge in [0.2, 0.25) is 0 Å². The summed E-state index contributed by atoms with van der Waals surface area (Å²) in [7, 11) is 5.94. The Bertz CT molecular complexity index is 1160. The highest BCUT2D eigenvalue weighted by Crippen LogP contribution is 2.19. The minimum atomic E-state index is -1.61. The number of esters is 2. The monoisotopic (exact) mass is 1040 g/mol. The quantitative estimate of drug-likeness (QED) is 0.0256. The summed E-state index contributed by atoms with van der Waals surface area (Å²) in [4.78, 5) is 37.4. The second-order valence-electron chi connectivity index (χ2n) is 23.4. The van der Waals surface area contributed by atoms with Crippen LogP contribution in [0.2, 0.25) is 0 Å². The molecule has 0 aromatic heterocycles. The van der Waals surface area contributed by atoms with Gasteiger partial charge in [-0.15, -0.1) is 0 Å². The first-order valence-corrected chi connectivity index (χ1v) is 32.2. The van der Waals surface area contributed by atoms with Gasteiger partial charge in [0.05, 0.1) is 40.3 Å². The Hall–Kier alpha value is -1.71. The number of ether oxygens (including phenoxy) is 4. The third kappa shape index (κ3) is 57.8. The molecule has 0 heterocycles. The SMILES string of the molecule is CCCCCCCCCCCCCCCCCCCCCCCCCCCCCCC(=O)OC(COC(=O)CCCCCCCCCCCCCCCCCCCCCC)COC(OCC[N+](C)(C)C)C(=O)[O-]. The van der Waals surface area contributed by atoms with E-state index in [9.17, 15) is 19.5 Å². The number of carboxylic acids is 1. The third-order valence-electron chi connectivity index (χ3n) is 14.9. The standard InChI is InChI=1S/C64H125NO8/c1-6-8-10-12-14-16-18-20-22-24-26-28-29-30-31-32-33-34-35-37-39-41-43-45-47-49-51-53-55-62(67)73-60(59-72-64(63(68)69)70-57-56-65(3,4)5)58-71-61(66)54-52-50-48-46-44-42-40-38-36-27-25-23-21-19-17-15-13-11-9-7-2/h60,64H,6-59H2,1-5H3. The van der Waals surface area contributed by atoms with E-state index in [1.807, 2.05) is 21.1 Å². The molecule has 0 bridgehead atoms. The maximum Gasteiger partial charge on any atom is 0.306 e. The number of nitrogens with zero attached hydrogens (tertiary/aromatic N) is 1. The van der Waals surface area contributed by atoms with Gasteiger partial charge in [-0.25, -0.2) is 0 Å². The Kier molecular flexibility index (Phi) is 55.2. The van der Waals surface area contributed by atoms with Gasteiger partial charge in [0.15, 0.2) is 12.4 Å². The Morgan fingerprint density at radius 2 is 0.616 bits per heavy atom.